The van der Waals surface area contributed by atoms with Crippen molar-refractivity contribution in [3.05, 3.63) is 52.3 Å². The summed E-state index contributed by atoms with van der Waals surface area (Å²) >= 11 is 0. The fourth-order valence-corrected chi connectivity index (χ4v) is 3.63. The normalized spacial score (nSPS) is 18.5. The highest BCUT2D eigenvalue weighted by molar-refractivity contribution is 5.85. The van der Waals surface area contributed by atoms with Crippen molar-refractivity contribution in [2.75, 3.05) is 6.54 Å². The fraction of sp³-hybridized carbons (Fsp3) is 0.455. The van der Waals surface area contributed by atoms with Gasteiger partial charge in [-0.2, -0.15) is 0 Å². The number of phenolic OH excluding ortho intramolecular Hbond substituents is 1. The molecule has 0 saturated heterocycles. The maximum absolute atomic E-state index is 12.8. The first-order chi connectivity index (χ1) is 12.8. The lowest BCUT2D eigenvalue weighted by Gasteiger charge is -2.36. The van der Waals surface area contributed by atoms with Crippen molar-refractivity contribution in [2.24, 2.45) is 0 Å². The third kappa shape index (κ3) is 3.77. The number of carbonyl (C=O) groups is 1. The Morgan fingerprint density at radius 2 is 2.07 bits per heavy atom. The predicted octanol–water partition coefficient (Wildman–Crippen LogP) is 3.55. The molecule has 0 spiro atoms. The molecule has 1 aromatic heterocycles. The quantitative estimate of drug-likeness (QED) is 0.792. The molecule has 2 heterocycles. The molecular weight excluding hydrogens is 340 g/mol. The Morgan fingerprint density at radius 1 is 1.30 bits per heavy atom. The number of amides is 1. The van der Waals surface area contributed by atoms with Gasteiger partial charge in [0.05, 0.1) is 0 Å². The molecule has 0 radical (unpaired) electrons. The molecular formula is C22H28N2O3. The minimum atomic E-state index is -0.887. The number of benzene rings is 1. The van der Waals surface area contributed by atoms with Gasteiger partial charge in [0, 0.05) is 30.9 Å². The van der Waals surface area contributed by atoms with Crippen LogP contribution < -0.4 is 10.1 Å². The van der Waals surface area contributed by atoms with Crippen LogP contribution in [0.25, 0.3) is 0 Å². The van der Waals surface area contributed by atoms with Gasteiger partial charge in [-0.15, -0.1) is 0 Å². The van der Waals surface area contributed by atoms with Gasteiger partial charge in [-0.05, 0) is 75.3 Å². The van der Waals surface area contributed by atoms with Crippen molar-refractivity contribution in [3.63, 3.8) is 0 Å². The Kier molecular flexibility index (Phi) is 5.40. The lowest BCUT2D eigenvalue weighted by molar-refractivity contribution is -0.136. The maximum Gasteiger partial charge on any atom is 0.263 e. The molecule has 5 heteroatoms. The molecule has 2 N–H and O–H groups in total. The summed E-state index contributed by atoms with van der Waals surface area (Å²) in [5.74, 6) is 1.00. The first-order valence-corrected chi connectivity index (χ1v) is 9.51. The van der Waals surface area contributed by atoms with Crippen molar-refractivity contribution < 1.29 is 14.6 Å². The van der Waals surface area contributed by atoms with E-state index in [1.807, 2.05) is 46.0 Å². The number of phenols is 1. The molecule has 1 aliphatic rings. The second-order valence-corrected chi connectivity index (χ2v) is 7.58. The third-order valence-electron chi connectivity index (χ3n) is 5.65. The number of aromatic hydroxyl groups is 1. The second-order valence-electron chi connectivity index (χ2n) is 7.58. The van der Waals surface area contributed by atoms with Gasteiger partial charge in [-0.1, -0.05) is 6.07 Å². The van der Waals surface area contributed by atoms with Crippen LogP contribution in [0, 0.1) is 20.8 Å². The molecule has 5 nitrogen and oxygen atoms in total. The van der Waals surface area contributed by atoms with Gasteiger partial charge in [-0.25, -0.2) is 0 Å². The van der Waals surface area contributed by atoms with Crippen LogP contribution in [0.2, 0.25) is 0 Å². The lowest BCUT2D eigenvalue weighted by atomic mass is 9.86. The molecule has 1 aromatic carbocycles. The molecule has 1 unspecified atom stereocenters. The van der Waals surface area contributed by atoms with Gasteiger partial charge in [0.25, 0.3) is 5.91 Å². The third-order valence-corrected chi connectivity index (χ3v) is 5.65. The van der Waals surface area contributed by atoms with Crippen molar-refractivity contribution in [1.82, 2.24) is 10.3 Å². The molecule has 3 rings (SSSR count). The van der Waals surface area contributed by atoms with Gasteiger partial charge in [0.15, 0.2) is 5.60 Å². The molecule has 2 aromatic rings. The summed E-state index contributed by atoms with van der Waals surface area (Å²) < 4.78 is 6.21. The minimum Gasteiger partial charge on any atom is -0.507 e. The van der Waals surface area contributed by atoms with Crippen LogP contribution in [0.1, 0.15) is 47.6 Å². The standard InChI is InChI=1S/C22H28N2O3/c1-14-15(2)20-18(16(3)19(14)25)9-10-22(4,27-20)21(26)24-12-6-8-17-7-5-11-23-13-17/h5,7,11,13,25H,6,8-10,12H2,1-4H3,(H,24,26). The topological polar surface area (TPSA) is 71.5 Å². The highest BCUT2D eigenvalue weighted by Gasteiger charge is 2.40. The fourth-order valence-electron chi connectivity index (χ4n) is 3.63. The van der Waals surface area contributed by atoms with E-state index in [2.05, 4.69) is 10.3 Å². The zero-order valence-electron chi connectivity index (χ0n) is 16.6. The maximum atomic E-state index is 12.8. The van der Waals surface area contributed by atoms with Crippen LogP contribution in [-0.2, 0) is 17.6 Å². The number of nitrogens with zero attached hydrogens (tertiary/aromatic N) is 1. The zero-order valence-corrected chi connectivity index (χ0v) is 16.6. The molecule has 0 bridgehead atoms. The number of hydrogen-bond donors (Lipinski definition) is 2. The SMILES string of the molecule is Cc1c(C)c2c(c(C)c1O)CCC(C)(C(=O)NCCCc1cccnc1)O2. The number of ether oxygens (including phenoxy) is 1. The highest BCUT2D eigenvalue weighted by atomic mass is 16.5. The summed E-state index contributed by atoms with van der Waals surface area (Å²) in [6.45, 7) is 8.18. The van der Waals surface area contributed by atoms with Gasteiger partial charge in [0.1, 0.15) is 11.5 Å². The summed E-state index contributed by atoms with van der Waals surface area (Å²) in [6.07, 6.45) is 6.66. The average Bonchev–Trinajstić information content (AvgIpc) is 2.68. The average molecular weight is 368 g/mol. The number of pyridine rings is 1. The van der Waals surface area contributed by atoms with Crippen molar-refractivity contribution in [1.29, 1.82) is 0 Å². The van der Waals surface area contributed by atoms with E-state index in [-0.39, 0.29) is 5.91 Å². The number of aromatic nitrogens is 1. The number of hydrogen-bond acceptors (Lipinski definition) is 4. The number of nitrogens with one attached hydrogen (secondary N) is 1. The van der Waals surface area contributed by atoms with Crippen LogP contribution in [0.5, 0.6) is 11.5 Å². The van der Waals surface area contributed by atoms with Crippen LogP contribution >= 0.6 is 0 Å². The van der Waals surface area contributed by atoms with E-state index in [1.165, 1.54) is 5.56 Å². The van der Waals surface area contributed by atoms with E-state index in [1.54, 1.807) is 6.20 Å². The molecule has 0 saturated carbocycles. The van der Waals surface area contributed by atoms with E-state index in [4.69, 9.17) is 4.74 Å². The van der Waals surface area contributed by atoms with Crippen LogP contribution in [0.15, 0.2) is 24.5 Å². The van der Waals surface area contributed by atoms with Gasteiger partial charge < -0.3 is 15.2 Å². The summed E-state index contributed by atoms with van der Waals surface area (Å²) in [4.78, 5) is 16.9. The molecule has 1 atom stereocenters. The summed E-state index contributed by atoms with van der Waals surface area (Å²) in [6, 6.07) is 3.96. The van der Waals surface area contributed by atoms with E-state index < -0.39 is 5.60 Å². The van der Waals surface area contributed by atoms with Gasteiger partial charge in [-0.3, -0.25) is 9.78 Å². The summed E-state index contributed by atoms with van der Waals surface area (Å²) in [5.41, 5.74) is 3.87. The van der Waals surface area contributed by atoms with E-state index in [0.717, 1.165) is 47.3 Å². The predicted molar refractivity (Wildman–Crippen MR) is 105 cm³/mol. The van der Waals surface area contributed by atoms with Crippen LogP contribution in [-0.4, -0.2) is 28.1 Å². The second kappa shape index (κ2) is 7.59. The Morgan fingerprint density at radius 3 is 2.78 bits per heavy atom. The number of aryl methyl sites for hydroxylation is 1. The Balaban J connectivity index is 1.64. The van der Waals surface area contributed by atoms with Crippen molar-refractivity contribution in [3.8, 4) is 11.5 Å². The van der Waals surface area contributed by atoms with Gasteiger partial charge >= 0.3 is 0 Å². The Labute approximate surface area is 160 Å². The number of fused-ring (bicyclic) bond motifs is 1. The smallest absolute Gasteiger partial charge is 0.263 e. The Hall–Kier alpha value is -2.56. The summed E-state index contributed by atoms with van der Waals surface area (Å²) in [5, 5.41) is 13.3. The van der Waals surface area contributed by atoms with Crippen LogP contribution in [0.4, 0.5) is 0 Å². The first-order valence-electron chi connectivity index (χ1n) is 9.51. The first kappa shape index (κ1) is 19.2. The number of carbonyl (C=O) groups excluding carboxylic acids is 1. The molecule has 144 valence electrons. The largest absolute Gasteiger partial charge is 0.507 e. The van der Waals surface area contributed by atoms with Crippen molar-refractivity contribution in [2.45, 2.75) is 59.0 Å². The van der Waals surface area contributed by atoms with E-state index in [9.17, 15) is 9.90 Å². The van der Waals surface area contributed by atoms with Crippen LogP contribution in [0.3, 0.4) is 0 Å². The highest BCUT2D eigenvalue weighted by Crippen LogP contribution is 2.43. The monoisotopic (exact) mass is 368 g/mol. The van der Waals surface area contributed by atoms with Crippen molar-refractivity contribution >= 4 is 5.91 Å². The minimum absolute atomic E-state index is 0.0814. The van der Waals surface area contributed by atoms with E-state index in [0.29, 0.717) is 18.7 Å². The molecule has 1 amide bonds. The molecule has 1 aliphatic heterocycles. The lowest BCUT2D eigenvalue weighted by Crippen LogP contribution is -2.51. The Bertz CT molecular complexity index is 849. The molecule has 27 heavy (non-hydrogen) atoms. The number of rotatable bonds is 5. The zero-order chi connectivity index (χ0) is 19.6. The molecule has 0 aliphatic carbocycles. The summed E-state index contributed by atoms with van der Waals surface area (Å²) in [7, 11) is 0. The van der Waals surface area contributed by atoms with E-state index >= 15 is 0 Å². The molecule has 0 fully saturated rings. The van der Waals surface area contributed by atoms with Gasteiger partial charge in [0.2, 0.25) is 0 Å².